The van der Waals surface area contributed by atoms with Crippen LogP contribution in [-0.4, -0.2) is 101 Å². The molecular weight excluding hydrogens is 799 g/mol. The van der Waals surface area contributed by atoms with E-state index in [4.69, 9.17) is 11.5 Å². The summed E-state index contributed by atoms with van der Waals surface area (Å²) in [5, 5.41) is 13.0. The van der Waals surface area contributed by atoms with Crippen molar-refractivity contribution in [1.82, 2.24) is 36.1 Å². The van der Waals surface area contributed by atoms with Gasteiger partial charge in [0, 0.05) is 59.4 Å². The summed E-state index contributed by atoms with van der Waals surface area (Å²) >= 11 is 0. The van der Waals surface area contributed by atoms with Crippen LogP contribution in [0, 0.1) is 17.8 Å². The molecule has 0 aliphatic rings. The van der Waals surface area contributed by atoms with Crippen LogP contribution in [0.5, 0.6) is 0 Å². The summed E-state index contributed by atoms with van der Waals surface area (Å²) in [6, 6.07) is 19.7. The Morgan fingerprint density at radius 2 is 1.25 bits per heavy atom. The number of carbonyl (C=O) groups excluding carboxylic acids is 6. The Labute approximate surface area is 367 Å². The molecule has 3 aromatic carbocycles. The fraction of sp³-hybridized carbons (Fsp3) is 0.375. The minimum Gasteiger partial charge on any atom is -0.368 e. The number of amides is 5. The number of hydrogen-bond acceptors (Lipinski definition) is 8. The lowest BCUT2D eigenvalue weighted by atomic mass is 10.0. The molecule has 2 aromatic heterocycles. The maximum atomic E-state index is 14.1. The molecule has 0 saturated carbocycles. The molecule has 5 amide bonds. The van der Waals surface area contributed by atoms with Crippen LogP contribution in [0.3, 0.4) is 0 Å². The predicted molar refractivity (Wildman–Crippen MR) is 244 cm³/mol. The molecule has 6 atom stereocenters. The minimum absolute atomic E-state index is 0.100. The molecule has 63 heavy (non-hydrogen) atoms. The number of carbonyl (C=O) groups is 6. The second-order valence-electron chi connectivity index (χ2n) is 16.1. The number of nitrogens with one attached hydrogen (secondary N) is 6. The Bertz CT molecular complexity index is 2400. The number of nitrogens with zero attached hydrogens (tertiary/aromatic N) is 1. The van der Waals surface area contributed by atoms with Gasteiger partial charge >= 0.3 is 0 Å². The monoisotopic (exact) mass is 857 g/mol. The van der Waals surface area contributed by atoms with Crippen LogP contribution in [0.2, 0.25) is 0 Å². The Hall–Kier alpha value is -6.76. The van der Waals surface area contributed by atoms with E-state index in [1.54, 1.807) is 19.3 Å². The van der Waals surface area contributed by atoms with Crippen molar-refractivity contribution in [1.29, 1.82) is 0 Å². The molecule has 0 fully saturated rings. The van der Waals surface area contributed by atoms with Gasteiger partial charge < -0.3 is 47.5 Å². The Kier molecular flexibility index (Phi) is 17.6. The second kappa shape index (κ2) is 23.5. The van der Waals surface area contributed by atoms with Crippen LogP contribution in [-0.2, 0) is 48.0 Å². The van der Waals surface area contributed by atoms with Crippen LogP contribution < -0.4 is 32.7 Å². The van der Waals surface area contributed by atoms with E-state index in [1.807, 2.05) is 90.8 Å². The molecule has 15 nitrogen and oxygen atoms in total. The third-order valence-corrected chi connectivity index (χ3v) is 11.0. The minimum atomic E-state index is -1.12. The van der Waals surface area contributed by atoms with E-state index in [0.29, 0.717) is 19.3 Å². The van der Waals surface area contributed by atoms with Crippen molar-refractivity contribution in [2.24, 2.45) is 17.4 Å². The first-order valence-corrected chi connectivity index (χ1v) is 21.3. The van der Waals surface area contributed by atoms with E-state index in [9.17, 15) is 28.8 Å². The molecule has 0 spiro atoms. The lowest BCUT2D eigenvalue weighted by molar-refractivity contribution is -0.134. The van der Waals surface area contributed by atoms with Crippen molar-refractivity contribution in [3.63, 3.8) is 0 Å². The van der Waals surface area contributed by atoms with Gasteiger partial charge in [0.2, 0.25) is 29.5 Å². The van der Waals surface area contributed by atoms with Crippen molar-refractivity contribution in [2.45, 2.75) is 89.0 Å². The first-order valence-electron chi connectivity index (χ1n) is 21.3. The number of benzene rings is 3. The topological polar surface area (TPSA) is 237 Å². The molecular formula is C48H59N9O6. The summed E-state index contributed by atoms with van der Waals surface area (Å²) in [7, 11) is 1.93. The van der Waals surface area contributed by atoms with Gasteiger partial charge in [0.1, 0.15) is 24.4 Å². The van der Waals surface area contributed by atoms with Gasteiger partial charge in [-0.15, -0.1) is 5.92 Å². The molecule has 15 heteroatoms. The number of H-pyrrole nitrogens is 2. The van der Waals surface area contributed by atoms with E-state index >= 15 is 0 Å². The van der Waals surface area contributed by atoms with E-state index in [0.717, 1.165) is 57.9 Å². The zero-order valence-corrected chi connectivity index (χ0v) is 36.1. The van der Waals surface area contributed by atoms with E-state index < -0.39 is 59.8 Å². The molecule has 0 unspecified atom stereocenters. The fourth-order valence-corrected chi connectivity index (χ4v) is 7.21. The van der Waals surface area contributed by atoms with E-state index in [-0.39, 0.29) is 31.6 Å². The van der Waals surface area contributed by atoms with Crippen LogP contribution >= 0.6 is 0 Å². The highest BCUT2D eigenvalue weighted by Crippen LogP contribution is 2.21. The fourth-order valence-electron chi connectivity index (χ4n) is 7.21. The SMILES string of the molecule is C[C@H](NC(=O)[C@@H](Cc1c[nH]c2ccccc12)NC(=O)[C@@H](C)CC#CCN(C)CCCC[C@H](N)C(N)=O)C(=O)N[C@@H](Cc1c[nH]c2ccccc12)C(=O)N[C@@H](C=O)Cc1ccccc1. The first kappa shape index (κ1) is 47.3. The number of para-hydroxylation sites is 2. The molecule has 0 saturated heterocycles. The smallest absolute Gasteiger partial charge is 0.243 e. The zero-order chi connectivity index (χ0) is 45.3. The molecule has 332 valence electrons. The second-order valence-corrected chi connectivity index (χ2v) is 16.1. The number of unbranched alkanes of at least 4 members (excludes halogenated alkanes) is 1. The quantitative estimate of drug-likeness (QED) is 0.0276. The summed E-state index contributed by atoms with van der Waals surface area (Å²) in [6.45, 7) is 4.48. The van der Waals surface area contributed by atoms with E-state index in [1.165, 1.54) is 6.92 Å². The van der Waals surface area contributed by atoms with Gasteiger partial charge in [-0.05, 0) is 68.6 Å². The number of nitrogens with two attached hydrogens (primary N) is 2. The Balaban J connectivity index is 1.25. The summed E-state index contributed by atoms with van der Waals surface area (Å²) in [5.41, 5.74) is 15.1. The van der Waals surface area contributed by atoms with Gasteiger partial charge in [-0.2, -0.15) is 0 Å². The van der Waals surface area contributed by atoms with Gasteiger partial charge in [-0.25, -0.2) is 0 Å². The maximum Gasteiger partial charge on any atom is 0.243 e. The summed E-state index contributed by atoms with van der Waals surface area (Å²) in [5.74, 6) is 2.95. The number of aromatic nitrogens is 2. The number of rotatable bonds is 23. The highest BCUT2D eigenvalue weighted by Gasteiger charge is 2.30. The number of primary amides is 1. The van der Waals surface area contributed by atoms with Gasteiger partial charge in [-0.1, -0.05) is 86.0 Å². The third-order valence-electron chi connectivity index (χ3n) is 11.0. The van der Waals surface area contributed by atoms with E-state index in [2.05, 4.69) is 43.1 Å². The third kappa shape index (κ3) is 14.1. The average Bonchev–Trinajstić information content (AvgIpc) is 3.89. The molecule has 5 rings (SSSR count). The molecule has 2 heterocycles. The van der Waals surface area contributed by atoms with Crippen molar-refractivity contribution >= 4 is 57.6 Å². The predicted octanol–water partition coefficient (Wildman–Crippen LogP) is 2.78. The van der Waals surface area contributed by atoms with Crippen molar-refractivity contribution < 1.29 is 28.8 Å². The standard InChI is InChI=1S/C48H59N9O6/c1-31(15-11-13-23-57(3)24-14-12-20-39(49)44(50)59)45(60)55-42(26-34-28-51-40-21-9-7-18-37(34)40)47(62)53-32(2)46(61)56-43(27-35-29-52-41-22-10-8-19-38(35)41)48(63)54-36(30-58)25-33-16-5-4-6-17-33/h4-10,16-19,21-22,28-32,36,39,42-43,51-52H,12,14-15,20,23-27,49H2,1-3H3,(H2,50,59)(H,53,62)(H,54,63)(H,55,60)(H,56,61)/t31-,32-,36+,39-,42+,43-/m0/s1. The van der Waals surface area contributed by atoms with Crippen LogP contribution in [0.4, 0.5) is 0 Å². The van der Waals surface area contributed by atoms with Crippen LogP contribution in [0.15, 0.2) is 91.3 Å². The molecule has 0 radical (unpaired) electrons. The molecule has 0 bridgehead atoms. The van der Waals surface area contributed by atoms with Gasteiger partial charge in [0.05, 0.1) is 18.6 Å². The molecule has 5 aromatic rings. The summed E-state index contributed by atoms with van der Waals surface area (Å²) in [4.78, 5) is 87.2. The molecule has 10 N–H and O–H groups in total. The average molecular weight is 858 g/mol. The Morgan fingerprint density at radius 1 is 0.698 bits per heavy atom. The van der Waals surface area contributed by atoms with Gasteiger partial charge in [0.25, 0.3) is 0 Å². The highest BCUT2D eigenvalue weighted by atomic mass is 16.2. The summed E-state index contributed by atoms with van der Waals surface area (Å²) < 4.78 is 0. The van der Waals surface area contributed by atoms with Gasteiger partial charge in [0.15, 0.2) is 0 Å². The largest absolute Gasteiger partial charge is 0.368 e. The van der Waals surface area contributed by atoms with Gasteiger partial charge in [-0.3, -0.25) is 28.9 Å². The normalized spacial score (nSPS) is 14.0. The number of aromatic amines is 2. The van der Waals surface area contributed by atoms with Crippen molar-refractivity contribution in [2.75, 3.05) is 20.1 Å². The molecule has 0 aliphatic carbocycles. The van der Waals surface area contributed by atoms with Crippen molar-refractivity contribution in [3.05, 3.63) is 108 Å². The first-order chi connectivity index (χ1) is 30.3. The van der Waals surface area contributed by atoms with Crippen LogP contribution in [0.25, 0.3) is 21.8 Å². The summed E-state index contributed by atoms with van der Waals surface area (Å²) in [6.07, 6.45) is 7.11. The lowest BCUT2D eigenvalue weighted by Gasteiger charge is -2.25. The highest BCUT2D eigenvalue weighted by molar-refractivity contribution is 5.96. The number of hydrogen-bond donors (Lipinski definition) is 8. The lowest BCUT2D eigenvalue weighted by Crippen LogP contribution is -2.57. The van der Waals surface area contributed by atoms with Crippen LogP contribution in [0.1, 0.15) is 56.2 Å². The molecule has 0 aliphatic heterocycles. The number of aldehydes is 1. The number of fused-ring (bicyclic) bond motifs is 2. The maximum absolute atomic E-state index is 14.1. The van der Waals surface area contributed by atoms with Crippen molar-refractivity contribution in [3.8, 4) is 11.8 Å². The Morgan fingerprint density at radius 3 is 1.84 bits per heavy atom. The zero-order valence-electron chi connectivity index (χ0n) is 36.1.